The van der Waals surface area contributed by atoms with Crippen molar-refractivity contribution >= 4 is 44.7 Å². The number of rotatable bonds is 2. The van der Waals surface area contributed by atoms with Crippen LogP contribution in [0.4, 0.5) is 0 Å². The minimum atomic E-state index is 0.0339. The Hall–Kier alpha value is 0.140. The largest absolute Gasteiger partial charge is 0.293 e. The maximum atomic E-state index is 11.4. The minimum absolute atomic E-state index is 0.0339. The number of Topliss-reactive ketones (excluding diaryl/α,β-unsaturated/α-hetero) is 1. The zero-order valence-corrected chi connectivity index (χ0v) is 9.89. The van der Waals surface area contributed by atoms with Gasteiger partial charge in [0.1, 0.15) is 4.34 Å². The van der Waals surface area contributed by atoms with Gasteiger partial charge in [0.2, 0.25) is 0 Å². The van der Waals surface area contributed by atoms with Crippen molar-refractivity contribution in [3.63, 3.8) is 0 Å². The summed E-state index contributed by atoms with van der Waals surface area (Å²) in [5.41, 5.74) is 0. The molecular weight excluding hydrogens is 260 g/mol. The second-order valence-electron chi connectivity index (χ2n) is 2.75. The molecule has 0 aliphatic rings. The first-order valence-corrected chi connectivity index (χ1v) is 5.50. The van der Waals surface area contributed by atoms with Crippen LogP contribution < -0.4 is 0 Å². The Morgan fingerprint density at radius 3 is 2.58 bits per heavy atom. The van der Waals surface area contributed by atoms with E-state index in [1.165, 1.54) is 11.3 Å². The molecule has 1 aromatic rings. The highest BCUT2D eigenvalue weighted by Crippen LogP contribution is 2.32. The summed E-state index contributed by atoms with van der Waals surface area (Å²) in [6.45, 7) is 3.76. The number of hydrogen-bond donors (Lipinski definition) is 0. The molecule has 0 aliphatic heterocycles. The smallest absolute Gasteiger partial charge is 0.175 e. The second kappa shape index (κ2) is 3.90. The van der Waals surface area contributed by atoms with Crippen LogP contribution in [0, 0.1) is 5.92 Å². The van der Waals surface area contributed by atoms with E-state index in [-0.39, 0.29) is 11.7 Å². The zero-order valence-electron chi connectivity index (χ0n) is 6.73. The molecule has 1 nitrogen and oxygen atoms in total. The van der Waals surface area contributed by atoms with Gasteiger partial charge in [-0.15, -0.1) is 11.3 Å². The average molecular weight is 268 g/mol. The molecule has 0 saturated carbocycles. The molecular formula is C8H8BrClOS. The van der Waals surface area contributed by atoms with Gasteiger partial charge in [-0.3, -0.25) is 4.79 Å². The quantitative estimate of drug-likeness (QED) is 0.740. The fourth-order valence-electron chi connectivity index (χ4n) is 0.753. The van der Waals surface area contributed by atoms with Crippen molar-refractivity contribution < 1.29 is 4.79 Å². The molecule has 1 heterocycles. The molecule has 0 N–H and O–H groups in total. The molecule has 0 unspecified atom stereocenters. The maximum Gasteiger partial charge on any atom is 0.175 e. The lowest BCUT2D eigenvalue weighted by Crippen LogP contribution is -2.04. The fraction of sp³-hybridized carbons (Fsp3) is 0.375. The average Bonchev–Trinajstić information content (AvgIpc) is 2.30. The number of carbonyl (C=O) groups is 1. The van der Waals surface area contributed by atoms with Gasteiger partial charge in [-0.2, -0.15) is 0 Å². The molecule has 1 rings (SSSR count). The molecule has 4 heteroatoms. The van der Waals surface area contributed by atoms with Crippen LogP contribution in [-0.2, 0) is 0 Å². The van der Waals surface area contributed by atoms with Crippen LogP contribution in [0.2, 0.25) is 4.34 Å². The van der Waals surface area contributed by atoms with Gasteiger partial charge in [-0.25, -0.2) is 0 Å². The van der Waals surface area contributed by atoms with Gasteiger partial charge in [-0.1, -0.05) is 25.4 Å². The first-order chi connectivity index (χ1) is 5.52. The number of ketones is 1. The summed E-state index contributed by atoms with van der Waals surface area (Å²) in [6.07, 6.45) is 0. The van der Waals surface area contributed by atoms with Gasteiger partial charge in [0, 0.05) is 10.4 Å². The summed E-state index contributed by atoms with van der Waals surface area (Å²) in [5, 5.41) is 0. The van der Waals surface area contributed by atoms with E-state index in [4.69, 9.17) is 11.6 Å². The molecule has 1 aromatic heterocycles. The van der Waals surface area contributed by atoms with Crippen LogP contribution >= 0.6 is 38.9 Å². The van der Waals surface area contributed by atoms with Crippen LogP contribution in [0.15, 0.2) is 10.5 Å². The molecule has 0 fully saturated rings. The van der Waals surface area contributed by atoms with E-state index in [2.05, 4.69) is 15.9 Å². The Labute approximate surface area is 88.9 Å². The van der Waals surface area contributed by atoms with E-state index < -0.39 is 0 Å². The van der Waals surface area contributed by atoms with Gasteiger partial charge in [0.15, 0.2) is 5.78 Å². The predicted octanol–water partition coefficient (Wildman–Crippen LogP) is 4.00. The summed E-state index contributed by atoms with van der Waals surface area (Å²) >= 11 is 10.4. The lowest BCUT2D eigenvalue weighted by atomic mass is 10.1. The Morgan fingerprint density at radius 1 is 1.67 bits per heavy atom. The fourth-order valence-corrected chi connectivity index (χ4v) is 2.54. The van der Waals surface area contributed by atoms with E-state index in [9.17, 15) is 4.79 Å². The van der Waals surface area contributed by atoms with Gasteiger partial charge in [-0.05, 0) is 22.0 Å². The monoisotopic (exact) mass is 266 g/mol. The van der Waals surface area contributed by atoms with Crippen molar-refractivity contribution in [2.24, 2.45) is 5.92 Å². The predicted molar refractivity (Wildman–Crippen MR) is 56.2 cm³/mol. The third-order valence-corrected chi connectivity index (χ3v) is 3.90. The highest BCUT2D eigenvalue weighted by molar-refractivity contribution is 9.10. The van der Waals surface area contributed by atoms with Crippen molar-refractivity contribution in [3.8, 4) is 0 Å². The molecule has 0 aliphatic carbocycles. The molecule has 12 heavy (non-hydrogen) atoms. The van der Waals surface area contributed by atoms with Crippen molar-refractivity contribution in [1.29, 1.82) is 0 Å². The van der Waals surface area contributed by atoms with Crippen LogP contribution in [0.25, 0.3) is 0 Å². The van der Waals surface area contributed by atoms with Crippen LogP contribution in [0.1, 0.15) is 23.5 Å². The van der Waals surface area contributed by atoms with E-state index in [1.54, 1.807) is 6.07 Å². The first kappa shape index (κ1) is 10.2. The number of carbonyl (C=O) groups excluding carboxylic acids is 1. The lowest BCUT2D eigenvalue weighted by molar-refractivity contribution is 0.0943. The summed E-state index contributed by atoms with van der Waals surface area (Å²) < 4.78 is 1.44. The van der Waals surface area contributed by atoms with E-state index in [1.807, 2.05) is 13.8 Å². The summed E-state index contributed by atoms with van der Waals surface area (Å²) in [6, 6.07) is 1.77. The Bertz CT molecular complexity index is 287. The topological polar surface area (TPSA) is 17.1 Å². The first-order valence-electron chi connectivity index (χ1n) is 3.51. The van der Waals surface area contributed by atoms with Crippen molar-refractivity contribution in [1.82, 2.24) is 0 Å². The third kappa shape index (κ3) is 2.09. The molecule has 0 saturated heterocycles. The highest BCUT2D eigenvalue weighted by atomic mass is 79.9. The van der Waals surface area contributed by atoms with Gasteiger partial charge < -0.3 is 0 Å². The van der Waals surface area contributed by atoms with Crippen LogP contribution in [0.5, 0.6) is 0 Å². The number of thiophene rings is 1. The van der Waals surface area contributed by atoms with E-state index >= 15 is 0 Å². The van der Waals surface area contributed by atoms with E-state index in [0.29, 0.717) is 4.34 Å². The van der Waals surface area contributed by atoms with Gasteiger partial charge >= 0.3 is 0 Å². The zero-order chi connectivity index (χ0) is 9.30. The van der Waals surface area contributed by atoms with E-state index in [0.717, 1.165) is 9.35 Å². The number of halogens is 2. The Balaban J connectivity index is 2.97. The lowest BCUT2D eigenvalue weighted by Gasteiger charge is -1.98. The normalized spacial score (nSPS) is 10.8. The standard InChI is InChI=1S/C8H8BrClOS/c1-4(2)7(11)6-3-5(9)8(10)12-6/h3-4H,1-2H3. The Kier molecular flexibility index (Phi) is 3.32. The van der Waals surface area contributed by atoms with Crippen LogP contribution in [0.3, 0.4) is 0 Å². The van der Waals surface area contributed by atoms with Crippen LogP contribution in [-0.4, -0.2) is 5.78 Å². The molecule has 0 amide bonds. The maximum absolute atomic E-state index is 11.4. The number of hydrogen-bond acceptors (Lipinski definition) is 2. The Morgan fingerprint density at radius 2 is 2.25 bits per heavy atom. The molecule has 0 atom stereocenters. The molecule has 0 radical (unpaired) electrons. The van der Waals surface area contributed by atoms with Crippen molar-refractivity contribution in [2.45, 2.75) is 13.8 Å². The van der Waals surface area contributed by atoms with Crippen molar-refractivity contribution in [2.75, 3.05) is 0 Å². The van der Waals surface area contributed by atoms with Gasteiger partial charge in [0.05, 0.1) is 4.88 Å². The van der Waals surface area contributed by atoms with Gasteiger partial charge in [0.25, 0.3) is 0 Å². The minimum Gasteiger partial charge on any atom is -0.293 e. The summed E-state index contributed by atoms with van der Waals surface area (Å²) in [7, 11) is 0. The SMILES string of the molecule is CC(C)C(=O)c1cc(Br)c(Cl)s1. The summed E-state index contributed by atoms with van der Waals surface area (Å²) in [5.74, 6) is 0.180. The highest BCUT2D eigenvalue weighted by Gasteiger charge is 2.14. The second-order valence-corrected chi connectivity index (χ2v) is 5.26. The third-order valence-electron chi connectivity index (χ3n) is 1.41. The molecule has 0 bridgehead atoms. The molecule has 66 valence electrons. The summed E-state index contributed by atoms with van der Waals surface area (Å²) in [4.78, 5) is 12.2. The van der Waals surface area contributed by atoms with Crippen molar-refractivity contribution in [3.05, 3.63) is 19.8 Å². The molecule has 0 aromatic carbocycles. The molecule has 0 spiro atoms.